The zero-order chi connectivity index (χ0) is 11.9. The zero-order valence-electron chi connectivity index (χ0n) is 11.4. The fraction of sp³-hybridized carbons (Fsp3) is 1.00. The van der Waals surface area contributed by atoms with Crippen molar-refractivity contribution in [3.63, 3.8) is 0 Å². The molecule has 2 nitrogen and oxygen atoms in total. The molecule has 0 aromatic carbocycles. The van der Waals surface area contributed by atoms with E-state index in [0.29, 0.717) is 12.1 Å². The monoisotopic (exact) mass is 239 g/mol. The lowest BCUT2D eigenvalue weighted by Gasteiger charge is -2.30. The van der Waals surface area contributed by atoms with Crippen LogP contribution >= 0.6 is 0 Å². The third kappa shape index (κ3) is 4.26. The second kappa shape index (κ2) is 7.38. The van der Waals surface area contributed by atoms with Gasteiger partial charge < -0.3 is 10.1 Å². The molecule has 0 amide bonds. The number of nitrogens with one attached hydrogen (secondary N) is 1. The van der Waals surface area contributed by atoms with E-state index in [1.807, 2.05) is 0 Å². The maximum absolute atomic E-state index is 6.24. The minimum atomic E-state index is 0.473. The summed E-state index contributed by atoms with van der Waals surface area (Å²) in [5.41, 5.74) is 0. The summed E-state index contributed by atoms with van der Waals surface area (Å²) in [7, 11) is 2.10. The van der Waals surface area contributed by atoms with Crippen LogP contribution in [0.25, 0.3) is 0 Å². The second-order valence-electron chi connectivity index (χ2n) is 5.91. The van der Waals surface area contributed by atoms with Crippen LogP contribution in [0.3, 0.4) is 0 Å². The Morgan fingerprint density at radius 3 is 2.24 bits per heavy atom. The van der Waals surface area contributed by atoms with E-state index in [1.54, 1.807) is 0 Å². The molecule has 100 valence electrons. The summed E-state index contributed by atoms with van der Waals surface area (Å²) >= 11 is 0. The first kappa shape index (κ1) is 13.4. The number of likely N-dealkylation sites (N-methyl/N-ethyl adjacent to an activating group) is 1. The second-order valence-corrected chi connectivity index (χ2v) is 5.91. The Bertz CT molecular complexity index is 201. The van der Waals surface area contributed by atoms with Crippen LogP contribution in [0.4, 0.5) is 0 Å². The van der Waals surface area contributed by atoms with Crippen LogP contribution in [0.2, 0.25) is 0 Å². The standard InChI is InChI=1S/C15H29NO/c1-16-14-10-4-2-3-5-11-15(14)17-12-13-8-6-7-9-13/h13-16H,2-12H2,1H3. The highest BCUT2D eigenvalue weighted by Gasteiger charge is 2.24. The summed E-state index contributed by atoms with van der Waals surface area (Å²) in [4.78, 5) is 0. The van der Waals surface area contributed by atoms with Gasteiger partial charge in [-0.15, -0.1) is 0 Å². The van der Waals surface area contributed by atoms with Crippen LogP contribution in [0.1, 0.15) is 64.2 Å². The summed E-state index contributed by atoms with van der Waals surface area (Å²) in [6.07, 6.45) is 14.2. The van der Waals surface area contributed by atoms with Gasteiger partial charge in [-0.25, -0.2) is 0 Å². The summed E-state index contributed by atoms with van der Waals surface area (Å²) < 4.78 is 6.24. The number of ether oxygens (including phenoxy) is 1. The van der Waals surface area contributed by atoms with Gasteiger partial charge in [-0.3, -0.25) is 0 Å². The lowest BCUT2D eigenvalue weighted by molar-refractivity contribution is -0.00256. The van der Waals surface area contributed by atoms with Gasteiger partial charge in [0.25, 0.3) is 0 Å². The van der Waals surface area contributed by atoms with Crippen molar-refractivity contribution >= 4 is 0 Å². The van der Waals surface area contributed by atoms with E-state index in [4.69, 9.17) is 4.74 Å². The van der Waals surface area contributed by atoms with Gasteiger partial charge >= 0.3 is 0 Å². The summed E-state index contributed by atoms with van der Waals surface area (Å²) in [5, 5.41) is 3.47. The molecular formula is C15H29NO. The Morgan fingerprint density at radius 2 is 1.53 bits per heavy atom. The highest BCUT2D eigenvalue weighted by molar-refractivity contribution is 4.79. The molecule has 2 heteroatoms. The molecule has 0 spiro atoms. The van der Waals surface area contributed by atoms with Crippen LogP contribution in [0.5, 0.6) is 0 Å². The Labute approximate surface area is 107 Å². The minimum absolute atomic E-state index is 0.473. The summed E-state index contributed by atoms with van der Waals surface area (Å²) in [6, 6.07) is 0.594. The number of rotatable bonds is 4. The topological polar surface area (TPSA) is 21.3 Å². The normalized spacial score (nSPS) is 32.3. The Kier molecular flexibility index (Phi) is 5.79. The summed E-state index contributed by atoms with van der Waals surface area (Å²) in [6.45, 7) is 1.02. The van der Waals surface area contributed by atoms with Gasteiger partial charge in [-0.1, -0.05) is 38.5 Å². The van der Waals surface area contributed by atoms with Gasteiger partial charge in [0.05, 0.1) is 6.10 Å². The molecule has 0 radical (unpaired) electrons. The largest absolute Gasteiger partial charge is 0.376 e. The molecule has 0 aliphatic heterocycles. The maximum atomic E-state index is 6.24. The lowest BCUT2D eigenvalue weighted by Crippen LogP contribution is -2.40. The average molecular weight is 239 g/mol. The van der Waals surface area contributed by atoms with Crippen LogP contribution in [0, 0.1) is 5.92 Å². The predicted molar refractivity (Wildman–Crippen MR) is 72.2 cm³/mol. The molecule has 2 unspecified atom stereocenters. The molecule has 0 saturated heterocycles. The molecule has 2 fully saturated rings. The van der Waals surface area contributed by atoms with Gasteiger partial charge in [-0.05, 0) is 38.6 Å². The molecule has 2 saturated carbocycles. The average Bonchev–Trinajstić information content (AvgIpc) is 2.81. The van der Waals surface area contributed by atoms with E-state index < -0.39 is 0 Å². The van der Waals surface area contributed by atoms with Crippen LogP contribution < -0.4 is 5.32 Å². The SMILES string of the molecule is CNC1CCCCCCC1OCC1CCCC1. The highest BCUT2D eigenvalue weighted by Crippen LogP contribution is 2.27. The van der Waals surface area contributed by atoms with E-state index in [0.717, 1.165) is 12.5 Å². The van der Waals surface area contributed by atoms with Crippen molar-refractivity contribution in [1.29, 1.82) is 0 Å². The Morgan fingerprint density at radius 1 is 0.882 bits per heavy atom. The van der Waals surface area contributed by atoms with Gasteiger partial charge in [0.1, 0.15) is 0 Å². The third-order valence-corrected chi connectivity index (χ3v) is 4.59. The maximum Gasteiger partial charge on any atom is 0.0728 e. The van der Waals surface area contributed by atoms with Crippen molar-refractivity contribution in [2.24, 2.45) is 5.92 Å². The smallest absolute Gasteiger partial charge is 0.0728 e. The molecule has 2 rings (SSSR count). The van der Waals surface area contributed by atoms with E-state index in [1.165, 1.54) is 64.2 Å². The van der Waals surface area contributed by atoms with Crippen LogP contribution in [-0.2, 0) is 4.74 Å². The first-order chi connectivity index (χ1) is 8.40. The van der Waals surface area contributed by atoms with Gasteiger partial charge in [0, 0.05) is 12.6 Å². The molecular weight excluding hydrogens is 210 g/mol. The fourth-order valence-corrected chi connectivity index (χ4v) is 3.42. The first-order valence-electron chi connectivity index (χ1n) is 7.69. The molecule has 2 atom stereocenters. The number of hydrogen-bond acceptors (Lipinski definition) is 2. The molecule has 0 aromatic rings. The Balaban J connectivity index is 1.76. The van der Waals surface area contributed by atoms with Crippen molar-refractivity contribution in [3.8, 4) is 0 Å². The van der Waals surface area contributed by atoms with Crippen LogP contribution in [0.15, 0.2) is 0 Å². The predicted octanol–water partition coefficient (Wildman–Crippen LogP) is 3.50. The highest BCUT2D eigenvalue weighted by atomic mass is 16.5. The quantitative estimate of drug-likeness (QED) is 0.810. The number of hydrogen-bond donors (Lipinski definition) is 1. The first-order valence-corrected chi connectivity index (χ1v) is 7.69. The van der Waals surface area contributed by atoms with E-state index >= 15 is 0 Å². The third-order valence-electron chi connectivity index (χ3n) is 4.59. The van der Waals surface area contributed by atoms with Crippen molar-refractivity contribution in [1.82, 2.24) is 5.32 Å². The van der Waals surface area contributed by atoms with Gasteiger partial charge in [0.2, 0.25) is 0 Å². The minimum Gasteiger partial charge on any atom is -0.376 e. The fourth-order valence-electron chi connectivity index (χ4n) is 3.42. The molecule has 0 aromatic heterocycles. The van der Waals surface area contributed by atoms with Crippen molar-refractivity contribution in [3.05, 3.63) is 0 Å². The molecule has 2 aliphatic carbocycles. The van der Waals surface area contributed by atoms with Crippen molar-refractivity contribution < 1.29 is 4.74 Å². The van der Waals surface area contributed by atoms with E-state index in [9.17, 15) is 0 Å². The molecule has 2 aliphatic rings. The van der Waals surface area contributed by atoms with Crippen molar-refractivity contribution in [2.45, 2.75) is 76.4 Å². The summed E-state index contributed by atoms with van der Waals surface area (Å²) in [5.74, 6) is 0.859. The van der Waals surface area contributed by atoms with Crippen molar-refractivity contribution in [2.75, 3.05) is 13.7 Å². The zero-order valence-corrected chi connectivity index (χ0v) is 11.4. The van der Waals surface area contributed by atoms with Crippen LogP contribution in [-0.4, -0.2) is 25.8 Å². The molecule has 17 heavy (non-hydrogen) atoms. The van der Waals surface area contributed by atoms with E-state index in [-0.39, 0.29) is 0 Å². The van der Waals surface area contributed by atoms with E-state index in [2.05, 4.69) is 12.4 Å². The molecule has 1 N–H and O–H groups in total. The Hall–Kier alpha value is -0.0800. The van der Waals surface area contributed by atoms with Gasteiger partial charge in [-0.2, -0.15) is 0 Å². The van der Waals surface area contributed by atoms with Gasteiger partial charge in [0.15, 0.2) is 0 Å². The molecule has 0 heterocycles. The lowest BCUT2D eigenvalue weighted by atomic mass is 9.94. The molecule has 0 bridgehead atoms.